The van der Waals surface area contributed by atoms with Crippen molar-refractivity contribution in [1.29, 1.82) is 0 Å². The third-order valence-corrected chi connectivity index (χ3v) is 3.57. The lowest BCUT2D eigenvalue weighted by Crippen LogP contribution is -2.17. The van der Waals surface area contributed by atoms with E-state index in [1.165, 1.54) is 16.8 Å². The summed E-state index contributed by atoms with van der Waals surface area (Å²) in [6, 6.07) is 16.7. The second kappa shape index (κ2) is 5.64. The Bertz CT molecular complexity index is 540. The van der Waals surface area contributed by atoms with Crippen molar-refractivity contribution < 1.29 is 0 Å². The van der Waals surface area contributed by atoms with E-state index >= 15 is 0 Å². The smallest absolute Gasteiger partial charge is 0.0408 e. The molecule has 0 fully saturated rings. The van der Waals surface area contributed by atoms with Gasteiger partial charge in [0.05, 0.1) is 0 Å². The molecule has 1 nitrogen and oxygen atoms in total. The maximum Gasteiger partial charge on any atom is 0.0408 e. The monoisotopic (exact) mass is 279 g/mol. The van der Waals surface area contributed by atoms with Crippen LogP contribution in [0.15, 0.2) is 48.5 Å². The van der Waals surface area contributed by atoms with Crippen molar-refractivity contribution in [1.82, 2.24) is 0 Å². The van der Waals surface area contributed by atoms with Gasteiger partial charge in [0, 0.05) is 23.2 Å². The number of benzene rings is 2. The Hall–Kier alpha value is -1.18. The van der Waals surface area contributed by atoms with Crippen molar-refractivity contribution in [3.8, 4) is 0 Å². The van der Waals surface area contributed by atoms with Crippen molar-refractivity contribution >= 4 is 29.7 Å². The zero-order valence-electron chi connectivity index (χ0n) is 9.90. The Labute approximate surface area is 119 Å². The molecule has 3 heteroatoms. The third-order valence-electron chi connectivity index (χ3n) is 3.34. The molecule has 0 spiro atoms. The fourth-order valence-electron chi connectivity index (χ4n) is 2.54. The summed E-state index contributed by atoms with van der Waals surface area (Å²) in [6.07, 6.45) is 1.12. The maximum absolute atomic E-state index is 6.08. The van der Waals surface area contributed by atoms with Crippen LogP contribution < -0.4 is 5.32 Å². The van der Waals surface area contributed by atoms with E-state index in [4.69, 9.17) is 11.6 Å². The van der Waals surface area contributed by atoms with Crippen LogP contribution in [0.25, 0.3) is 0 Å². The molecule has 0 bridgehead atoms. The van der Waals surface area contributed by atoms with Gasteiger partial charge in [0.2, 0.25) is 0 Å². The van der Waals surface area contributed by atoms with E-state index in [2.05, 4.69) is 41.7 Å². The van der Waals surface area contributed by atoms with E-state index in [1.54, 1.807) is 0 Å². The summed E-state index contributed by atoms with van der Waals surface area (Å²) < 4.78 is 0. The van der Waals surface area contributed by atoms with Gasteiger partial charge in [0.25, 0.3) is 0 Å². The molecule has 1 aliphatic heterocycles. The van der Waals surface area contributed by atoms with Gasteiger partial charge in [-0.25, -0.2) is 0 Å². The SMILES string of the molecule is Cl.Clc1cccc(C2CCNc3ccccc32)c1. The van der Waals surface area contributed by atoms with E-state index in [1.807, 2.05) is 12.1 Å². The number of nitrogens with one attached hydrogen (secondary N) is 1. The van der Waals surface area contributed by atoms with Crippen molar-refractivity contribution in [3.63, 3.8) is 0 Å². The van der Waals surface area contributed by atoms with Crippen molar-refractivity contribution in [3.05, 3.63) is 64.7 Å². The van der Waals surface area contributed by atoms with Gasteiger partial charge in [-0.05, 0) is 35.7 Å². The number of anilines is 1. The minimum absolute atomic E-state index is 0. The normalized spacial score (nSPS) is 17.3. The molecule has 1 N–H and O–H groups in total. The van der Waals surface area contributed by atoms with Gasteiger partial charge in [0.15, 0.2) is 0 Å². The number of fused-ring (bicyclic) bond motifs is 1. The van der Waals surface area contributed by atoms with Crippen LogP contribution in [0.5, 0.6) is 0 Å². The van der Waals surface area contributed by atoms with Gasteiger partial charge in [0.1, 0.15) is 0 Å². The van der Waals surface area contributed by atoms with Crippen LogP contribution in [0.1, 0.15) is 23.5 Å². The molecule has 2 aromatic rings. The van der Waals surface area contributed by atoms with Crippen molar-refractivity contribution in [2.75, 3.05) is 11.9 Å². The number of halogens is 2. The molecule has 1 aliphatic rings. The first kappa shape index (κ1) is 13.3. The van der Waals surface area contributed by atoms with E-state index in [9.17, 15) is 0 Å². The number of hydrogen-bond donors (Lipinski definition) is 1. The number of hydrogen-bond acceptors (Lipinski definition) is 1. The molecule has 1 atom stereocenters. The minimum Gasteiger partial charge on any atom is -0.385 e. The molecule has 1 unspecified atom stereocenters. The summed E-state index contributed by atoms with van der Waals surface area (Å²) in [7, 11) is 0. The van der Waals surface area contributed by atoms with E-state index in [0.717, 1.165) is 18.0 Å². The average Bonchev–Trinajstić information content (AvgIpc) is 2.38. The summed E-state index contributed by atoms with van der Waals surface area (Å²) in [6.45, 7) is 1.02. The molecule has 3 rings (SSSR count). The van der Waals surface area contributed by atoms with Gasteiger partial charge in [-0.1, -0.05) is 41.9 Å². The Kier molecular flexibility index (Phi) is 4.15. The quantitative estimate of drug-likeness (QED) is 0.797. The first-order valence-electron chi connectivity index (χ1n) is 5.93. The predicted molar refractivity (Wildman–Crippen MR) is 80.1 cm³/mol. The van der Waals surface area contributed by atoms with Crippen molar-refractivity contribution in [2.45, 2.75) is 12.3 Å². The summed E-state index contributed by atoms with van der Waals surface area (Å²) >= 11 is 6.08. The largest absolute Gasteiger partial charge is 0.385 e. The van der Waals surface area contributed by atoms with Crippen LogP contribution in [0.2, 0.25) is 5.02 Å². The molecule has 0 saturated heterocycles. The molecule has 94 valence electrons. The van der Waals surface area contributed by atoms with Gasteiger partial charge < -0.3 is 5.32 Å². The summed E-state index contributed by atoms with van der Waals surface area (Å²) in [5, 5.41) is 4.26. The van der Waals surface area contributed by atoms with Crippen LogP contribution in [0.4, 0.5) is 5.69 Å². The second-order valence-electron chi connectivity index (χ2n) is 4.41. The summed E-state index contributed by atoms with van der Waals surface area (Å²) in [5.74, 6) is 0.464. The summed E-state index contributed by atoms with van der Waals surface area (Å²) in [4.78, 5) is 0. The highest BCUT2D eigenvalue weighted by Crippen LogP contribution is 2.36. The van der Waals surface area contributed by atoms with Crippen molar-refractivity contribution in [2.24, 2.45) is 0 Å². The number of rotatable bonds is 1. The standard InChI is InChI=1S/C15H14ClN.ClH/c16-12-5-3-4-11(10-12)13-8-9-17-15-7-2-1-6-14(13)15;/h1-7,10,13,17H,8-9H2;1H. The molecular weight excluding hydrogens is 265 g/mol. The van der Waals surface area contributed by atoms with E-state index in [0.29, 0.717) is 5.92 Å². The molecule has 0 aliphatic carbocycles. The van der Waals surface area contributed by atoms with Crippen LogP contribution in [-0.4, -0.2) is 6.54 Å². The van der Waals surface area contributed by atoms with Crippen LogP contribution in [0.3, 0.4) is 0 Å². The van der Waals surface area contributed by atoms with Crippen LogP contribution in [-0.2, 0) is 0 Å². The second-order valence-corrected chi connectivity index (χ2v) is 4.85. The molecule has 0 aromatic heterocycles. The van der Waals surface area contributed by atoms with Gasteiger partial charge >= 0.3 is 0 Å². The Morgan fingerprint density at radius 1 is 1.06 bits per heavy atom. The first-order valence-corrected chi connectivity index (χ1v) is 6.30. The molecule has 18 heavy (non-hydrogen) atoms. The van der Waals surface area contributed by atoms with Crippen LogP contribution in [0, 0.1) is 0 Å². The molecule has 2 aromatic carbocycles. The van der Waals surface area contributed by atoms with Gasteiger partial charge in [-0.2, -0.15) is 0 Å². The first-order chi connectivity index (χ1) is 8.34. The Morgan fingerprint density at radius 3 is 2.72 bits per heavy atom. The lowest BCUT2D eigenvalue weighted by atomic mass is 9.85. The summed E-state index contributed by atoms with van der Waals surface area (Å²) in [5.41, 5.74) is 3.94. The van der Waals surface area contributed by atoms with E-state index in [-0.39, 0.29) is 12.4 Å². The predicted octanol–water partition coefficient (Wildman–Crippen LogP) is 4.71. The van der Waals surface area contributed by atoms with Gasteiger partial charge in [-0.15, -0.1) is 12.4 Å². The molecular formula is C15H15Cl2N. The number of para-hydroxylation sites is 1. The third kappa shape index (κ3) is 2.47. The molecule has 1 heterocycles. The molecule has 0 amide bonds. The van der Waals surface area contributed by atoms with E-state index < -0.39 is 0 Å². The lowest BCUT2D eigenvalue weighted by Gasteiger charge is -2.27. The molecule has 0 saturated carbocycles. The van der Waals surface area contributed by atoms with Crippen LogP contribution >= 0.6 is 24.0 Å². The minimum atomic E-state index is 0. The fraction of sp³-hybridized carbons (Fsp3) is 0.200. The molecule has 0 radical (unpaired) electrons. The highest BCUT2D eigenvalue weighted by atomic mass is 35.5. The zero-order valence-corrected chi connectivity index (χ0v) is 11.5. The Morgan fingerprint density at radius 2 is 1.89 bits per heavy atom. The zero-order chi connectivity index (χ0) is 11.7. The topological polar surface area (TPSA) is 12.0 Å². The van der Waals surface area contributed by atoms with Gasteiger partial charge in [-0.3, -0.25) is 0 Å². The highest BCUT2D eigenvalue weighted by Gasteiger charge is 2.20. The maximum atomic E-state index is 6.08. The Balaban J connectivity index is 0.00000120. The highest BCUT2D eigenvalue weighted by molar-refractivity contribution is 6.30. The lowest BCUT2D eigenvalue weighted by molar-refractivity contribution is 0.720. The average molecular weight is 280 g/mol. The fourth-order valence-corrected chi connectivity index (χ4v) is 2.74.